The van der Waals surface area contributed by atoms with E-state index in [2.05, 4.69) is 20.6 Å². The number of H-pyrrole nitrogens is 1. The molecule has 0 saturated carbocycles. The molecular formula is C24H29N5O3. The number of amides is 1. The number of nitrogens with one attached hydrogen (secondary N) is 1. The van der Waals surface area contributed by atoms with E-state index < -0.39 is 11.4 Å². The Morgan fingerprint density at radius 1 is 1.00 bits per heavy atom. The van der Waals surface area contributed by atoms with Crippen LogP contribution in [0.1, 0.15) is 45.6 Å². The average molecular weight is 436 g/mol. The van der Waals surface area contributed by atoms with Gasteiger partial charge in [0.1, 0.15) is 5.41 Å². The molecule has 0 atom stereocenters. The van der Waals surface area contributed by atoms with Crippen molar-refractivity contribution in [2.24, 2.45) is 5.41 Å². The molecule has 32 heavy (non-hydrogen) atoms. The summed E-state index contributed by atoms with van der Waals surface area (Å²) in [6.45, 7) is 6.39. The van der Waals surface area contributed by atoms with Gasteiger partial charge in [-0.2, -0.15) is 0 Å². The molecule has 2 aromatic carbocycles. The Morgan fingerprint density at radius 2 is 1.66 bits per heavy atom. The number of carboxylic acid groups (broad SMARTS) is 1. The molecule has 0 aliphatic carbocycles. The number of nitrogens with zero attached hydrogens (tertiary/aromatic N) is 4. The number of carbonyl (C=O) groups excluding carboxylic acids is 1. The fraction of sp³-hybridized carbons (Fsp3) is 0.375. The first-order chi connectivity index (χ1) is 15.5. The van der Waals surface area contributed by atoms with E-state index in [0.717, 1.165) is 28.7 Å². The zero-order valence-electron chi connectivity index (χ0n) is 18.7. The number of aromatic nitrogens is 4. The molecule has 0 saturated heterocycles. The van der Waals surface area contributed by atoms with E-state index in [0.29, 0.717) is 18.9 Å². The number of benzene rings is 2. The van der Waals surface area contributed by atoms with Crippen molar-refractivity contribution in [2.75, 3.05) is 6.54 Å². The molecule has 0 spiro atoms. The van der Waals surface area contributed by atoms with Crippen LogP contribution in [0.4, 0.5) is 0 Å². The second kappa shape index (κ2) is 10.2. The van der Waals surface area contributed by atoms with Crippen LogP contribution in [-0.4, -0.2) is 49.1 Å². The smallest absolute Gasteiger partial charge is 0.319 e. The highest BCUT2D eigenvalue weighted by molar-refractivity contribution is 6.01. The van der Waals surface area contributed by atoms with Crippen LogP contribution in [-0.2, 0) is 16.1 Å². The van der Waals surface area contributed by atoms with Crippen molar-refractivity contribution in [1.82, 2.24) is 25.5 Å². The van der Waals surface area contributed by atoms with Gasteiger partial charge >= 0.3 is 5.97 Å². The van der Waals surface area contributed by atoms with Gasteiger partial charge in [0.15, 0.2) is 5.82 Å². The lowest BCUT2D eigenvalue weighted by molar-refractivity contribution is -0.162. The minimum Gasteiger partial charge on any atom is -0.480 e. The highest BCUT2D eigenvalue weighted by atomic mass is 16.4. The van der Waals surface area contributed by atoms with E-state index in [9.17, 15) is 14.7 Å². The van der Waals surface area contributed by atoms with Crippen molar-refractivity contribution in [3.05, 3.63) is 54.1 Å². The number of aromatic amines is 1. The molecule has 0 aliphatic heterocycles. The maximum atomic E-state index is 13.3. The van der Waals surface area contributed by atoms with Gasteiger partial charge in [-0.05, 0) is 46.4 Å². The second-order valence-electron chi connectivity index (χ2n) is 7.81. The van der Waals surface area contributed by atoms with Crippen molar-refractivity contribution in [3.8, 4) is 22.5 Å². The molecule has 1 aromatic heterocycles. The first kappa shape index (κ1) is 23.1. The fourth-order valence-corrected chi connectivity index (χ4v) is 4.00. The topological polar surface area (TPSA) is 112 Å². The minimum absolute atomic E-state index is 0.268. The summed E-state index contributed by atoms with van der Waals surface area (Å²) in [4.78, 5) is 26.9. The van der Waals surface area contributed by atoms with Crippen LogP contribution in [0, 0.1) is 5.41 Å². The highest BCUT2D eigenvalue weighted by Gasteiger charge is 2.45. The molecule has 0 fully saturated rings. The summed E-state index contributed by atoms with van der Waals surface area (Å²) in [5.74, 6) is -0.778. The lowest BCUT2D eigenvalue weighted by Crippen LogP contribution is -2.48. The number of tetrazole rings is 1. The number of carboxylic acids is 1. The van der Waals surface area contributed by atoms with E-state index in [1.807, 2.05) is 55.5 Å². The van der Waals surface area contributed by atoms with E-state index in [1.54, 1.807) is 18.7 Å². The summed E-state index contributed by atoms with van der Waals surface area (Å²) in [5.41, 5.74) is 2.45. The van der Waals surface area contributed by atoms with Gasteiger partial charge in [0.05, 0.1) is 0 Å². The Hall–Kier alpha value is -3.55. The molecule has 8 nitrogen and oxygen atoms in total. The van der Waals surface area contributed by atoms with Gasteiger partial charge in [0.2, 0.25) is 5.91 Å². The van der Waals surface area contributed by atoms with E-state index in [1.165, 1.54) is 0 Å². The third-order valence-corrected chi connectivity index (χ3v) is 5.97. The van der Waals surface area contributed by atoms with Crippen LogP contribution in [0.2, 0.25) is 0 Å². The van der Waals surface area contributed by atoms with Gasteiger partial charge < -0.3 is 10.0 Å². The zero-order chi connectivity index (χ0) is 23.1. The SMILES string of the molecule is CCCN(Cc1ccc(-c2ccccc2-c2nnn[nH]2)cc1)C(=O)C(CC)(CC)C(=O)O. The van der Waals surface area contributed by atoms with Crippen molar-refractivity contribution in [3.63, 3.8) is 0 Å². The molecule has 3 rings (SSSR count). The minimum atomic E-state index is -1.38. The molecule has 2 N–H and O–H groups in total. The lowest BCUT2D eigenvalue weighted by Gasteiger charge is -2.33. The highest BCUT2D eigenvalue weighted by Crippen LogP contribution is 2.32. The number of hydrogen-bond donors (Lipinski definition) is 2. The third kappa shape index (κ3) is 4.54. The van der Waals surface area contributed by atoms with Crippen molar-refractivity contribution >= 4 is 11.9 Å². The first-order valence-corrected chi connectivity index (χ1v) is 10.9. The lowest BCUT2D eigenvalue weighted by atomic mass is 9.80. The fourth-order valence-electron chi connectivity index (χ4n) is 4.00. The normalized spacial score (nSPS) is 11.3. The molecule has 0 aliphatic rings. The quantitative estimate of drug-likeness (QED) is 0.462. The Labute approximate surface area is 187 Å². The standard InChI is InChI=1S/C24H29N5O3/c1-4-15-29(22(30)24(5-2,6-3)23(31)32)16-17-11-13-18(14-12-17)19-9-7-8-10-20(19)21-25-27-28-26-21/h7-14H,4-6,15-16H2,1-3H3,(H,31,32)(H,25,26,27,28). The van der Waals surface area contributed by atoms with Crippen LogP contribution < -0.4 is 0 Å². The van der Waals surface area contributed by atoms with Crippen LogP contribution in [0.15, 0.2) is 48.5 Å². The summed E-state index contributed by atoms with van der Waals surface area (Å²) in [7, 11) is 0. The monoisotopic (exact) mass is 435 g/mol. The van der Waals surface area contributed by atoms with Crippen LogP contribution in [0.25, 0.3) is 22.5 Å². The van der Waals surface area contributed by atoms with E-state index in [-0.39, 0.29) is 18.7 Å². The Morgan fingerprint density at radius 3 is 2.19 bits per heavy atom. The van der Waals surface area contributed by atoms with Gasteiger partial charge in [-0.1, -0.05) is 69.3 Å². The number of hydrogen-bond acceptors (Lipinski definition) is 5. The van der Waals surface area contributed by atoms with Crippen molar-refractivity contribution in [1.29, 1.82) is 0 Å². The summed E-state index contributed by atoms with van der Waals surface area (Å²) in [5, 5.41) is 23.9. The molecule has 1 amide bonds. The van der Waals surface area contributed by atoms with Crippen LogP contribution in [0.3, 0.4) is 0 Å². The Kier molecular flexibility index (Phi) is 7.35. The van der Waals surface area contributed by atoms with Crippen molar-refractivity contribution in [2.45, 2.75) is 46.6 Å². The summed E-state index contributed by atoms with van der Waals surface area (Å²) in [6, 6.07) is 15.8. The zero-order valence-corrected chi connectivity index (χ0v) is 18.7. The Bertz CT molecular complexity index is 1040. The van der Waals surface area contributed by atoms with Gasteiger partial charge in [-0.15, -0.1) is 5.10 Å². The first-order valence-electron chi connectivity index (χ1n) is 10.9. The average Bonchev–Trinajstić information content (AvgIpc) is 3.35. The molecule has 8 heteroatoms. The van der Waals surface area contributed by atoms with E-state index in [4.69, 9.17) is 0 Å². The molecule has 0 unspecified atom stereocenters. The maximum absolute atomic E-state index is 13.3. The Balaban J connectivity index is 1.86. The summed E-state index contributed by atoms with van der Waals surface area (Å²) < 4.78 is 0. The molecule has 168 valence electrons. The maximum Gasteiger partial charge on any atom is 0.319 e. The van der Waals surface area contributed by atoms with Crippen LogP contribution in [0.5, 0.6) is 0 Å². The number of rotatable bonds is 10. The largest absolute Gasteiger partial charge is 0.480 e. The molecule has 1 heterocycles. The van der Waals surface area contributed by atoms with Crippen LogP contribution >= 0.6 is 0 Å². The van der Waals surface area contributed by atoms with Crippen molar-refractivity contribution < 1.29 is 14.7 Å². The van der Waals surface area contributed by atoms with Gasteiger partial charge in [-0.25, -0.2) is 5.10 Å². The third-order valence-electron chi connectivity index (χ3n) is 5.97. The van der Waals surface area contributed by atoms with E-state index >= 15 is 0 Å². The number of carbonyl (C=O) groups is 2. The van der Waals surface area contributed by atoms with Gasteiger partial charge in [0.25, 0.3) is 0 Å². The number of aliphatic carboxylic acids is 1. The molecule has 0 radical (unpaired) electrons. The van der Waals surface area contributed by atoms with Gasteiger partial charge in [0, 0.05) is 18.7 Å². The summed E-state index contributed by atoms with van der Waals surface area (Å²) >= 11 is 0. The molecule has 0 bridgehead atoms. The predicted octanol–water partition coefficient (Wildman–Crippen LogP) is 4.16. The molecular weight excluding hydrogens is 406 g/mol. The second-order valence-corrected chi connectivity index (χ2v) is 7.81. The van der Waals surface area contributed by atoms with Gasteiger partial charge in [-0.3, -0.25) is 9.59 Å². The molecule has 3 aromatic rings. The predicted molar refractivity (Wildman–Crippen MR) is 121 cm³/mol. The summed E-state index contributed by atoms with van der Waals surface area (Å²) in [6.07, 6.45) is 1.29.